The van der Waals surface area contributed by atoms with Crippen LogP contribution >= 0.6 is 0 Å². The number of nitrogens with two attached hydrogens (primary N) is 1. The van der Waals surface area contributed by atoms with Crippen LogP contribution in [0.3, 0.4) is 0 Å². The Balaban J connectivity index is 3.00. The van der Waals surface area contributed by atoms with Crippen molar-refractivity contribution in [3.8, 4) is 0 Å². The molecule has 0 aliphatic carbocycles. The summed E-state index contributed by atoms with van der Waals surface area (Å²) in [4.78, 5) is 11.8. The van der Waals surface area contributed by atoms with Crippen molar-refractivity contribution >= 4 is 11.7 Å². The summed E-state index contributed by atoms with van der Waals surface area (Å²) in [5.74, 6) is -0.759. The van der Waals surface area contributed by atoms with Gasteiger partial charge in [0.05, 0.1) is 17.6 Å². The third-order valence-corrected chi connectivity index (χ3v) is 3.41. The van der Waals surface area contributed by atoms with Gasteiger partial charge in [-0.05, 0) is 38.8 Å². The zero-order chi connectivity index (χ0) is 17.1. The van der Waals surface area contributed by atoms with Crippen LogP contribution in [0.15, 0.2) is 18.2 Å². The van der Waals surface area contributed by atoms with Crippen LogP contribution < -0.4 is 5.73 Å². The van der Waals surface area contributed by atoms with Gasteiger partial charge in [0.25, 0.3) is 0 Å². The Morgan fingerprint density at radius 2 is 1.86 bits per heavy atom. The first-order valence-electron chi connectivity index (χ1n) is 7.11. The molecule has 0 saturated carbocycles. The van der Waals surface area contributed by atoms with E-state index in [1.54, 1.807) is 26.8 Å². The minimum atomic E-state index is -4.50. The average Bonchev–Trinajstić information content (AvgIpc) is 2.38. The topological polar surface area (TPSA) is 52.3 Å². The fourth-order valence-electron chi connectivity index (χ4n) is 2.01. The molecular weight excluding hydrogens is 295 g/mol. The summed E-state index contributed by atoms with van der Waals surface area (Å²) in [6.45, 7) is 6.98. The van der Waals surface area contributed by atoms with Crippen molar-refractivity contribution in [2.24, 2.45) is 5.41 Å². The SMILES string of the molecule is CCC(COC(=O)C(C)(C)C)c1cccc(C(F)(F)F)c1N. The molecule has 0 bridgehead atoms. The van der Waals surface area contributed by atoms with E-state index >= 15 is 0 Å². The quantitative estimate of drug-likeness (QED) is 0.662. The second-order valence-electron chi connectivity index (χ2n) is 6.26. The third kappa shape index (κ3) is 4.39. The molecule has 1 atom stereocenters. The number of hydrogen-bond acceptors (Lipinski definition) is 3. The van der Waals surface area contributed by atoms with Gasteiger partial charge in [-0.15, -0.1) is 0 Å². The first-order valence-corrected chi connectivity index (χ1v) is 7.11. The number of ether oxygens (including phenoxy) is 1. The fraction of sp³-hybridized carbons (Fsp3) is 0.562. The minimum Gasteiger partial charge on any atom is -0.465 e. The largest absolute Gasteiger partial charge is 0.465 e. The van der Waals surface area contributed by atoms with Gasteiger partial charge in [0.15, 0.2) is 0 Å². The normalized spacial score (nSPS) is 13.8. The number of nitrogen functional groups attached to an aromatic ring is 1. The van der Waals surface area contributed by atoms with E-state index in [9.17, 15) is 18.0 Å². The summed E-state index contributed by atoms with van der Waals surface area (Å²) in [7, 11) is 0. The molecule has 0 aliphatic rings. The number of anilines is 1. The van der Waals surface area contributed by atoms with Gasteiger partial charge in [-0.25, -0.2) is 0 Å². The Labute approximate surface area is 128 Å². The Morgan fingerprint density at radius 1 is 1.27 bits per heavy atom. The van der Waals surface area contributed by atoms with Gasteiger partial charge >= 0.3 is 12.1 Å². The molecule has 0 aromatic heterocycles. The van der Waals surface area contributed by atoms with Gasteiger partial charge in [0.1, 0.15) is 0 Å². The molecule has 0 heterocycles. The number of alkyl halides is 3. The van der Waals surface area contributed by atoms with E-state index in [0.717, 1.165) is 6.07 Å². The molecule has 3 nitrogen and oxygen atoms in total. The van der Waals surface area contributed by atoms with Crippen molar-refractivity contribution in [1.29, 1.82) is 0 Å². The molecule has 1 rings (SSSR count). The number of esters is 1. The van der Waals surface area contributed by atoms with E-state index in [4.69, 9.17) is 10.5 Å². The lowest BCUT2D eigenvalue weighted by molar-refractivity contribution is -0.153. The van der Waals surface area contributed by atoms with E-state index in [1.807, 2.05) is 6.92 Å². The van der Waals surface area contributed by atoms with E-state index in [2.05, 4.69) is 0 Å². The maximum absolute atomic E-state index is 12.9. The van der Waals surface area contributed by atoms with Gasteiger partial charge < -0.3 is 10.5 Å². The molecular formula is C16H22F3NO2. The molecule has 0 fully saturated rings. The molecule has 6 heteroatoms. The number of halogens is 3. The van der Waals surface area contributed by atoms with Gasteiger partial charge in [0, 0.05) is 11.6 Å². The summed E-state index contributed by atoms with van der Waals surface area (Å²) in [5, 5.41) is 0. The Bertz CT molecular complexity index is 533. The maximum Gasteiger partial charge on any atom is 0.418 e. The van der Waals surface area contributed by atoms with Crippen LogP contribution in [0.4, 0.5) is 18.9 Å². The minimum absolute atomic E-state index is 0.0120. The zero-order valence-electron chi connectivity index (χ0n) is 13.3. The van der Waals surface area contributed by atoms with Crippen LogP contribution in [0.25, 0.3) is 0 Å². The van der Waals surface area contributed by atoms with Crippen molar-refractivity contribution < 1.29 is 22.7 Å². The highest BCUT2D eigenvalue weighted by molar-refractivity contribution is 5.75. The lowest BCUT2D eigenvalue weighted by atomic mass is 9.93. The highest BCUT2D eigenvalue weighted by Gasteiger charge is 2.34. The highest BCUT2D eigenvalue weighted by atomic mass is 19.4. The summed E-state index contributed by atoms with van der Waals surface area (Å²) >= 11 is 0. The summed E-state index contributed by atoms with van der Waals surface area (Å²) in [6.07, 6.45) is -3.98. The summed E-state index contributed by atoms with van der Waals surface area (Å²) < 4.78 is 43.9. The molecule has 1 aromatic rings. The molecule has 0 saturated heterocycles. The number of carbonyl (C=O) groups excluding carboxylic acids is 1. The number of benzene rings is 1. The highest BCUT2D eigenvalue weighted by Crippen LogP contribution is 2.38. The first-order chi connectivity index (χ1) is 9.98. The predicted molar refractivity (Wildman–Crippen MR) is 79.3 cm³/mol. The van der Waals surface area contributed by atoms with Gasteiger partial charge in [0.2, 0.25) is 0 Å². The van der Waals surface area contributed by atoms with Crippen LogP contribution in [-0.4, -0.2) is 12.6 Å². The van der Waals surface area contributed by atoms with E-state index in [-0.39, 0.29) is 18.2 Å². The van der Waals surface area contributed by atoms with Gasteiger partial charge in [-0.3, -0.25) is 4.79 Å². The van der Waals surface area contributed by atoms with Crippen LogP contribution in [0, 0.1) is 5.41 Å². The zero-order valence-corrected chi connectivity index (χ0v) is 13.3. The molecule has 1 aromatic carbocycles. The number of rotatable bonds is 4. The van der Waals surface area contributed by atoms with Crippen LogP contribution in [0.1, 0.15) is 51.2 Å². The van der Waals surface area contributed by atoms with E-state index in [1.165, 1.54) is 6.07 Å². The molecule has 0 amide bonds. The maximum atomic E-state index is 12.9. The number of para-hydroxylation sites is 1. The van der Waals surface area contributed by atoms with E-state index in [0.29, 0.717) is 12.0 Å². The number of hydrogen-bond donors (Lipinski definition) is 1. The second kappa shape index (κ2) is 6.58. The predicted octanol–water partition coefficient (Wildman–Crippen LogP) is 4.37. The average molecular weight is 317 g/mol. The lowest BCUT2D eigenvalue weighted by Gasteiger charge is -2.22. The van der Waals surface area contributed by atoms with Gasteiger partial charge in [-0.2, -0.15) is 13.2 Å². The van der Waals surface area contributed by atoms with E-state index < -0.39 is 23.1 Å². The summed E-state index contributed by atoms with van der Waals surface area (Å²) in [6, 6.07) is 3.82. The van der Waals surface area contributed by atoms with Crippen LogP contribution in [0.5, 0.6) is 0 Å². The Morgan fingerprint density at radius 3 is 2.32 bits per heavy atom. The Hall–Kier alpha value is -1.72. The summed E-state index contributed by atoms with van der Waals surface area (Å²) in [5.41, 5.74) is 4.23. The Kier molecular flexibility index (Phi) is 5.49. The number of carbonyl (C=O) groups is 1. The van der Waals surface area contributed by atoms with Crippen molar-refractivity contribution in [2.45, 2.75) is 46.2 Å². The molecule has 0 radical (unpaired) electrons. The first kappa shape index (κ1) is 18.3. The molecule has 124 valence electrons. The lowest BCUT2D eigenvalue weighted by Crippen LogP contribution is -2.25. The van der Waals surface area contributed by atoms with Crippen LogP contribution in [-0.2, 0) is 15.7 Å². The molecule has 2 N–H and O–H groups in total. The standard InChI is InChI=1S/C16H22F3NO2/c1-5-10(9-22-14(21)15(2,3)4)11-7-6-8-12(13(11)20)16(17,18)19/h6-8,10H,5,9,20H2,1-4H3. The molecule has 22 heavy (non-hydrogen) atoms. The van der Waals surface area contributed by atoms with Crippen molar-refractivity contribution in [3.63, 3.8) is 0 Å². The van der Waals surface area contributed by atoms with Crippen molar-refractivity contribution in [1.82, 2.24) is 0 Å². The molecule has 0 spiro atoms. The fourth-order valence-corrected chi connectivity index (χ4v) is 2.01. The van der Waals surface area contributed by atoms with Crippen molar-refractivity contribution in [3.05, 3.63) is 29.3 Å². The van der Waals surface area contributed by atoms with Gasteiger partial charge in [-0.1, -0.05) is 19.1 Å². The third-order valence-electron chi connectivity index (χ3n) is 3.41. The molecule has 0 aliphatic heterocycles. The molecule has 1 unspecified atom stereocenters. The van der Waals surface area contributed by atoms with Crippen molar-refractivity contribution in [2.75, 3.05) is 12.3 Å². The monoisotopic (exact) mass is 317 g/mol. The van der Waals surface area contributed by atoms with Crippen LogP contribution in [0.2, 0.25) is 0 Å². The smallest absolute Gasteiger partial charge is 0.418 e. The second-order valence-corrected chi connectivity index (χ2v) is 6.26.